The molecule has 1 atom stereocenters. The van der Waals surface area contributed by atoms with Crippen molar-refractivity contribution < 1.29 is 19.1 Å². The molecule has 0 bridgehead atoms. The number of nitrogens with one attached hydrogen (secondary N) is 1. The van der Waals surface area contributed by atoms with Gasteiger partial charge in [0, 0.05) is 36.7 Å². The third-order valence-electron chi connectivity index (χ3n) is 4.11. The number of benzene rings is 1. The number of hydrogen-bond donors (Lipinski definition) is 2. The Bertz CT molecular complexity index is 799. The summed E-state index contributed by atoms with van der Waals surface area (Å²) >= 11 is 2.72. The van der Waals surface area contributed by atoms with Crippen LogP contribution in [0.15, 0.2) is 34.0 Å². The topological polar surface area (TPSA) is 82.5 Å². The highest BCUT2D eigenvalue weighted by Gasteiger charge is 2.30. The van der Waals surface area contributed by atoms with Gasteiger partial charge in [0.2, 0.25) is 5.91 Å². The largest absolute Gasteiger partial charge is 0.476 e. The van der Waals surface area contributed by atoms with Crippen LogP contribution in [0.2, 0.25) is 0 Å². The first-order valence-corrected chi connectivity index (χ1v) is 10.0. The smallest absolute Gasteiger partial charge is 0.355 e. The fourth-order valence-electron chi connectivity index (χ4n) is 2.80. The van der Waals surface area contributed by atoms with Gasteiger partial charge < -0.3 is 15.3 Å². The van der Waals surface area contributed by atoms with E-state index in [1.54, 1.807) is 18.2 Å². The highest BCUT2D eigenvalue weighted by atomic mass is 32.2. The van der Waals surface area contributed by atoms with Gasteiger partial charge in [0.1, 0.15) is 5.82 Å². The van der Waals surface area contributed by atoms with E-state index in [4.69, 9.17) is 5.11 Å². The molecule has 1 amide bonds. The number of aromatic nitrogens is 1. The molecule has 26 heavy (non-hydrogen) atoms. The van der Waals surface area contributed by atoms with Gasteiger partial charge in [0.25, 0.3) is 0 Å². The molecular formula is C17H18FN3O3S2. The second-order valence-electron chi connectivity index (χ2n) is 5.79. The summed E-state index contributed by atoms with van der Waals surface area (Å²) in [5.41, 5.74) is 0.479. The van der Waals surface area contributed by atoms with Crippen molar-refractivity contribution in [2.24, 2.45) is 0 Å². The van der Waals surface area contributed by atoms with Crippen LogP contribution in [0.3, 0.4) is 0 Å². The number of aromatic carboxylic acids is 1. The average Bonchev–Trinajstić information content (AvgIpc) is 3.22. The quantitative estimate of drug-likeness (QED) is 0.668. The summed E-state index contributed by atoms with van der Waals surface area (Å²) in [6.45, 7) is 1.05. The van der Waals surface area contributed by atoms with Crippen LogP contribution in [0.5, 0.6) is 0 Å². The first-order chi connectivity index (χ1) is 12.5. The number of nitrogens with zero attached hydrogens (tertiary/aromatic N) is 2. The fraction of sp³-hybridized carbons (Fsp3) is 0.353. The minimum absolute atomic E-state index is 0.0218. The molecule has 0 saturated carbocycles. The summed E-state index contributed by atoms with van der Waals surface area (Å²) < 4.78 is 14.4. The Morgan fingerprint density at radius 1 is 1.46 bits per heavy atom. The van der Waals surface area contributed by atoms with Crippen LogP contribution in [0.1, 0.15) is 23.3 Å². The van der Waals surface area contributed by atoms with Gasteiger partial charge in [-0.05, 0) is 18.6 Å². The predicted octanol–water partition coefficient (Wildman–Crippen LogP) is 3.18. The number of hydrogen-bond acceptors (Lipinski definition) is 6. The number of para-hydroxylation sites is 1. The van der Waals surface area contributed by atoms with E-state index in [0.717, 1.165) is 6.42 Å². The normalized spacial score (nSPS) is 16.9. The SMILES string of the molecule is O=C(O)c1csc(SCCN2C(=O)CCC2CNc2ccccc2F)n1. The second-order valence-corrected chi connectivity index (χ2v) is 7.99. The van der Waals surface area contributed by atoms with Crippen molar-refractivity contribution in [2.75, 3.05) is 24.2 Å². The fourth-order valence-corrected chi connectivity index (χ4v) is 4.61. The van der Waals surface area contributed by atoms with Crippen molar-refractivity contribution in [3.05, 3.63) is 41.2 Å². The van der Waals surface area contributed by atoms with Crippen LogP contribution in [0, 0.1) is 5.82 Å². The van der Waals surface area contributed by atoms with E-state index >= 15 is 0 Å². The number of amides is 1. The van der Waals surface area contributed by atoms with Gasteiger partial charge in [0.15, 0.2) is 10.0 Å². The number of halogens is 1. The molecule has 1 aromatic carbocycles. The molecule has 1 fully saturated rings. The molecule has 1 aliphatic heterocycles. The van der Waals surface area contributed by atoms with Crippen molar-refractivity contribution in [1.82, 2.24) is 9.88 Å². The maximum atomic E-state index is 13.7. The third kappa shape index (κ3) is 4.53. The summed E-state index contributed by atoms with van der Waals surface area (Å²) in [4.78, 5) is 28.8. The molecule has 2 aromatic rings. The van der Waals surface area contributed by atoms with Gasteiger partial charge in [-0.1, -0.05) is 23.9 Å². The Morgan fingerprint density at radius 3 is 3.00 bits per heavy atom. The molecular weight excluding hydrogens is 377 g/mol. The molecule has 0 aliphatic carbocycles. The van der Waals surface area contributed by atoms with Crippen LogP contribution < -0.4 is 5.32 Å². The molecule has 1 unspecified atom stereocenters. The molecule has 1 aromatic heterocycles. The lowest BCUT2D eigenvalue weighted by Gasteiger charge is -2.25. The van der Waals surface area contributed by atoms with E-state index in [2.05, 4.69) is 10.3 Å². The number of carbonyl (C=O) groups is 2. The molecule has 0 spiro atoms. The van der Waals surface area contributed by atoms with Gasteiger partial charge >= 0.3 is 5.97 Å². The Kier molecular flexibility index (Phi) is 6.10. The van der Waals surface area contributed by atoms with E-state index in [1.165, 1.54) is 34.5 Å². The lowest BCUT2D eigenvalue weighted by molar-refractivity contribution is -0.128. The highest BCUT2D eigenvalue weighted by molar-refractivity contribution is 8.01. The minimum atomic E-state index is -1.04. The van der Waals surface area contributed by atoms with E-state index in [0.29, 0.717) is 35.3 Å². The zero-order valence-electron chi connectivity index (χ0n) is 13.9. The second kappa shape index (κ2) is 8.50. The number of rotatable bonds is 8. The standard InChI is InChI=1S/C17H18FN3O3S2/c18-12-3-1-2-4-13(12)19-9-11-5-6-15(22)21(11)7-8-25-17-20-14(10-26-17)16(23)24/h1-4,10-11,19H,5-9H2,(H,23,24). The zero-order valence-corrected chi connectivity index (χ0v) is 15.5. The van der Waals surface area contributed by atoms with E-state index < -0.39 is 5.97 Å². The number of carboxylic acid groups (broad SMARTS) is 1. The van der Waals surface area contributed by atoms with Gasteiger partial charge in [-0.2, -0.15) is 0 Å². The van der Waals surface area contributed by atoms with Gasteiger partial charge in [-0.3, -0.25) is 4.79 Å². The van der Waals surface area contributed by atoms with E-state index in [9.17, 15) is 14.0 Å². The average molecular weight is 395 g/mol. The summed E-state index contributed by atoms with van der Waals surface area (Å²) in [5.74, 6) is -0.621. The first-order valence-electron chi connectivity index (χ1n) is 8.14. The Balaban J connectivity index is 1.51. The molecule has 0 radical (unpaired) electrons. The molecule has 6 nitrogen and oxygen atoms in total. The lowest BCUT2D eigenvalue weighted by atomic mass is 10.2. The maximum absolute atomic E-state index is 13.7. The number of anilines is 1. The van der Waals surface area contributed by atoms with Crippen molar-refractivity contribution in [2.45, 2.75) is 23.2 Å². The Morgan fingerprint density at radius 2 is 2.27 bits per heavy atom. The van der Waals surface area contributed by atoms with Crippen LogP contribution >= 0.6 is 23.1 Å². The number of likely N-dealkylation sites (tertiary alicyclic amines) is 1. The number of carboxylic acids is 1. The summed E-state index contributed by atoms with van der Waals surface area (Å²) in [6.07, 6.45) is 1.24. The van der Waals surface area contributed by atoms with Crippen LogP contribution in [0.4, 0.5) is 10.1 Å². The summed E-state index contributed by atoms with van der Waals surface area (Å²) in [7, 11) is 0. The molecule has 2 N–H and O–H groups in total. The molecule has 1 saturated heterocycles. The van der Waals surface area contributed by atoms with Crippen molar-refractivity contribution in [3.8, 4) is 0 Å². The first kappa shape index (κ1) is 18.7. The maximum Gasteiger partial charge on any atom is 0.355 e. The molecule has 2 heterocycles. The molecule has 138 valence electrons. The van der Waals surface area contributed by atoms with Gasteiger partial charge in [-0.25, -0.2) is 14.2 Å². The van der Waals surface area contributed by atoms with Crippen molar-refractivity contribution in [1.29, 1.82) is 0 Å². The number of thiazole rings is 1. The predicted molar refractivity (Wildman–Crippen MR) is 99.4 cm³/mol. The molecule has 9 heteroatoms. The van der Waals surface area contributed by atoms with Crippen molar-refractivity contribution >= 4 is 40.7 Å². The van der Waals surface area contributed by atoms with Gasteiger partial charge in [-0.15, -0.1) is 11.3 Å². The Hall–Kier alpha value is -2.13. The summed E-state index contributed by atoms with van der Waals surface area (Å²) in [5, 5.41) is 13.5. The molecule has 1 aliphatic rings. The number of carbonyl (C=O) groups excluding carboxylic acids is 1. The monoisotopic (exact) mass is 395 g/mol. The van der Waals surface area contributed by atoms with Crippen molar-refractivity contribution in [3.63, 3.8) is 0 Å². The zero-order chi connectivity index (χ0) is 18.5. The number of thioether (sulfide) groups is 1. The van der Waals surface area contributed by atoms with Gasteiger partial charge in [0.05, 0.1) is 5.69 Å². The minimum Gasteiger partial charge on any atom is -0.476 e. The van der Waals surface area contributed by atoms with Crippen LogP contribution in [0.25, 0.3) is 0 Å². The van der Waals surface area contributed by atoms with Crippen LogP contribution in [-0.4, -0.2) is 51.8 Å². The highest BCUT2D eigenvalue weighted by Crippen LogP contribution is 2.25. The van der Waals surface area contributed by atoms with E-state index in [1.807, 2.05) is 4.90 Å². The van der Waals surface area contributed by atoms with Crippen LogP contribution in [-0.2, 0) is 4.79 Å². The lowest BCUT2D eigenvalue weighted by Crippen LogP contribution is -2.39. The van der Waals surface area contributed by atoms with E-state index in [-0.39, 0.29) is 23.5 Å². The Labute approximate surface area is 158 Å². The third-order valence-corrected chi connectivity index (χ3v) is 6.12. The molecule has 3 rings (SSSR count). The summed E-state index contributed by atoms with van der Waals surface area (Å²) in [6, 6.07) is 6.50.